The lowest BCUT2D eigenvalue weighted by molar-refractivity contribution is -0.250. The van der Waals surface area contributed by atoms with Crippen LogP contribution >= 0.6 is 11.6 Å². The molecule has 1 aliphatic heterocycles. The fraction of sp³-hybridized carbons (Fsp3) is 0.391. The van der Waals surface area contributed by atoms with Crippen molar-refractivity contribution in [2.24, 2.45) is 0 Å². The van der Waals surface area contributed by atoms with Gasteiger partial charge in [0.25, 0.3) is 0 Å². The first-order valence-corrected chi connectivity index (χ1v) is 10.5. The third-order valence-corrected chi connectivity index (χ3v) is 6.08. The summed E-state index contributed by atoms with van der Waals surface area (Å²) in [5.74, 6) is 0. The first-order valence-electron chi connectivity index (χ1n) is 10.1. The maximum absolute atomic E-state index is 10.6. The molecule has 0 saturated carbocycles. The van der Waals surface area contributed by atoms with E-state index in [1.807, 2.05) is 18.3 Å². The molecule has 0 unspecified atom stereocenters. The second-order valence-corrected chi connectivity index (χ2v) is 8.23. The monoisotopic (exact) mass is 431 g/mol. The van der Waals surface area contributed by atoms with Crippen LogP contribution in [0.5, 0.6) is 0 Å². The smallest absolute Gasteiger partial charge is 0.163 e. The zero-order chi connectivity index (χ0) is 21.4. The standard InChI is InChI=1S/C23H26ClNO5/c1-2-13-3-5-14(6-4-13)9-15-11-25(18-10-16(24)7-8-17(15)18)23-22(29)21(28)20(27)19(12-26)30-23/h3-8,10-11,19-23,26-29H,2,9,12H2,1H3/t19-,20-,21+,22-,23-/m1/s1. The summed E-state index contributed by atoms with van der Waals surface area (Å²) in [5, 5.41) is 41.9. The molecule has 1 fully saturated rings. The van der Waals surface area contributed by atoms with Crippen LogP contribution in [0.2, 0.25) is 5.02 Å². The van der Waals surface area contributed by atoms with Crippen LogP contribution in [-0.4, -0.2) is 56.0 Å². The highest BCUT2D eigenvalue weighted by Gasteiger charge is 2.44. The summed E-state index contributed by atoms with van der Waals surface area (Å²) in [5.41, 5.74) is 4.18. The molecule has 2 aromatic carbocycles. The van der Waals surface area contributed by atoms with Crippen LogP contribution in [0.3, 0.4) is 0 Å². The Balaban J connectivity index is 1.75. The molecule has 0 spiro atoms. The topological polar surface area (TPSA) is 95.1 Å². The number of hydrogen-bond donors (Lipinski definition) is 4. The quantitative estimate of drug-likeness (QED) is 0.497. The van der Waals surface area contributed by atoms with Gasteiger partial charge in [0.1, 0.15) is 24.4 Å². The minimum Gasteiger partial charge on any atom is -0.394 e. The Morgan fingerprint density at radius 3 is 2.33 bits per heavy atom. The molecule has 0 bridgehead atoms. The second kappa shape index (κ2) is 8.67. The van der Waals surface area contributed by atoms with E-state index >= 15 is 0 Å². The molecule has 0 amide bonds. The number of nitrogens with zero attached hydrogens (tertiary/aromatic N) is 1. The minimum absolute atomic E-state index is 0.474. The van der Waals surface area contributed by atoms with Gasteiger partial charge in [0.15, 0.2) is 6.23 Å². The number of hydrogen-bond acceptors (Lipinski definition) is 5. The fourth-order valence-corrected chi connectivity index (χ4v) is 4.24. The number of halogens is 1. The van der Waals surface area contributed by atoms with Gasteiger partial charge in [-0.3, -0.25) is 0 Å². The Bertz CT molecular complexity index is 1020. The van der Waals surface area contributed by atoms with Crippen molar-refractivity contribution in [1.29, 1.82) is 0 Å². The van der Waals surface area contributed by atoms with Crippen LogP contribution in [0.15, 0.2) is 48.7 Å². The largest absolute Gasteiger partial charge is 0.394 e. The first kappa shape index (κ1) is 21.3. The number of benzene rings is 2. The van der Waals surface area contributed by atoms with Gasteiger partial charge in [0.2, 0.25) is 0 Å². The zero-order valence-electron chi connectivity index (χ0n) is 16.6. The maximum Gasteiger partial charge on any atom is 0.163 e. The Morgan fingerprint density at radius 1 is 0.967 bits per heavy atom. The van der Waals surface area contributed by atoms with Gasteiger partial charge in [-0.2, -0.15) is 0 Å². The minimum atomic E-state index is -1.44. The molecule has 4 rings (SSSR count). The van der Waals surface area contributed by atoms with Gasteiger partial charge >= 0.3 is 0 Å². The van der Waals surface area contributed by atoms with Gasteiger partial charge in [-0.1, -0.05) is 48.9 Å². The van der Waals surface area contributed by atoms with Gasteiger partial charge in [0, 0.05) is 16.6 Å². The number of aryl methyl sites for hydroxylation is 1. The molecule has 5 atom stereocenters. The first-order chi connectivity index (χ1) is 14.4. The molecule has 0 aliphatic carbocycles. The van der Waals surface area contributed by atoms with Crippen LogP contribution in [0, 0.1) is 0 Å². The molecule has 3 aromatic rings. The molecule has 1 saturated heterocycles. The number of fused-ring (bicyclic) bond motifs is 1. The molecular formula is C23H26ClNO5. The molecule has 1 aromatic heterocycles. The summed E-state index contributed by atoms with van der Waals surface area (Å²) < 4.78 is 7.49. The third kappa shape index (κ3) is 3.87. The van der Waals surface area contributed by atoms with E-state index in [0.29, 0.717) is 11.4 Å². The van der Waals surface area contributed by atoms with Crippen LogP contribution in [0.25, 0.3) is 10.9 Å². The fourth-order valence-electron chi connectivity index (χ4n) is 4.07. The predicted molar refractivity (Wildman–Crippen MR) is 115 cm³/mol. The molecule has 4 N–H and O–H groups in total. The number of aliphatic hydroxyl groups is 4. The summed E-state index contributed by atoms with van der Waals surface area (Å²) in [6.45, 7) is 1.64. The number of rotatable bonds is 5. The van der Waals surface area contributed by atoms with Gasteiger partial charge in [-0.25, -0.2) is 0 Å². The molecule has 2 heterocycles. The lowest BCUT2D eigenvalue weighted by Crippen LogP contribution is -2.56. The van der Waals surface area contributed by atoms with Crippen molar-refractivity contribution >= 4 is 22.5 Å². The third-order valence-electron chi connectivity index (χ3n) is 5.85. The molecule has 30 heavy (non-hydrogen) atoms. The van der Waals surface area contributed by atoms with Crippen LogP contribution in [0.1, 0.15) is 29.8 Å². The Labute approximate surface area is 179 Å². The summed E-state index contributed by atoms with van der Waals surface area (Å²) in [6, 6.07) is 13.9. The highest BCUT2D eigenvalue weighted by Crippen LogP contribution is 2.35. The van der Waals surface area contributed by atoms with Gasteiger partial charge in [-0.15, -0.1) is 0 Å². The van der Waals surface area contributed by atoms with E-state index in [-0.39, 0.29) is 0 Å². The van der Waals surface area contributed by atoms with E-state index in [1.54, 1.807) is 10.6 Å². The molecule has 1 aliphatic rings. The van der Waals surface area contributed by atoms with Gasteiger partial charge < -0.3 is 29.7 Å². The van der Waals surface area contributed by atoms with Crippen molar-refractivity contribution in [1.82, 2.24) is 4.57 Å². The maximum atomic E-state index is 10.6. The summed E-state index contributed by atoms with van der Waals surface area (Å²) in [6.07, 6.45) is -2.63. The van der Waals surface area contributed by atoms with E-state index in [1.165, 1.54) is 5.56 Å². The Morgan fingerprint density at radius 2 is 1.67 bits per heavy atom. The van der Waals surface area contributed by atoms with Crippen molar-refractivity contribution < 1.29 is 25.2 Å². The SMILES string of the molecule is CCc1ccc(Cc2cn([C@@H]3O[C@H](CO)[C@@H](O)[C@H](O)[C@H]3O)c3cc(Cl)ccc23)cc1. The Kier molecular flexibility index (Phi) is 6.16. The summed E-state index contributed by atoms with van der Waals surface area (Å²) >= 11 is 6.23. The van der Waals surface area contributed by atoms with Gasteiger partial charge in [0.05, 0.1) is 12.1 Å². The normalized spacial score (nSPS) is 26.9. The van der Waals surface area contributed by atoms with E-state index in [2.05, 4.69) is 31.2 Å². The van der Waals surface area contributed by atoms with Crippen molar-refractivity contribution in [3.63, 3.8) is 0 Å². The van der Waals surface area contributed by atoms with E-state index < -0.39 is 37.3 Å². The lowest BCUT2D eigenvalue weighted by atomic mass is 9.98. The average molecular weight is 432 g/mol. The number of aliphatic hydroxyl groups excluding tert-OH is 4. The highest BCUT2D eigenvalue weighted by atomic mass is 35.5. The molecule has 160 valence electrons. The number of aromatic nitrogens is 1. The van der Waals surface area contributed by atoms with Crippen molar-refractivity contribution in [2.75, 3.05) is 6.61 Å². The van der Waals surface area contributed by atoms with Crippen molar-refractivity contribution in [3.8, 4) is 0 Å². The van der Waals surface area contributed by atoms with E-state index in [0.717, 1.165) is 28.5 Å². The Hall–Kier alpha value is -1.93. The second-order valence-electron chi connectivity index (χ2n) is 7.79. The molecule has 0 radical (unpaired) electrons. The van der Waals surface area contributed by atoms with Gasteiger partial charge in [-0.05, 0) is 41.7 Å². The zero-order valence-corrected chi connectivity index (χ0v) is 17.4. The van der Waals surface area contributed by atoms with E-state index in [4.69, 9.17) is 16.3 Å². The summed E-state index contributed by atoms with van der Waals surface area (Å²) in [7, 11) is 0. The van der Waals surface area contributed by atoms with Crippen molar-refractivity contribution in [2.45, 2.75) is 50.4 Å². The summed E-state index contributed by atoms with van der Waals surface area (Å²) in [4.78, 5) is 0. The predicted octanol–water partition coefficient (Wildman–Crippen LogP) is 2.42. The lowest BCUT2D eigenvalue weighted by Gasteiger charge is -2.40. The number of ether oxygens (including phenoxy) is 1. The van der Waals surface area contributed by atoms with Crippen LogP contribution < -0.4 is 0 Å². The van der Waals surface area contributed by atoms with Crippen LogP contribution in [-0.2, 0) is 17.6 Å². The molecular weight excluding hydrogens is 406 g/mol. The molecule has 6 nitrogen and oxygen atoms in total. The van der Waals surface area contributed by atoms with Crippen molar-refractivity contribution in [3.05, 3.63) is 70.4 Å². The highest BCUT2D eigenvalue weighted by molar-refractivity contribution is 6.31. The van der Waals surface area contributed by atoms with E-state index in [9.17, 15) is 20.4 Å². The molecule has 7 heteroatoms. The van der Waals surface area contributed by atoms with Crippen LogP contribution in [0.4, 0.5) is 0 Å². The average Bonchev–Trinajstić information content (AvgIpc) is 3.10.